The molecule has 1 saturated heterocycles. The molecule has 3 aliphatic rings. The van der Waals surface area contributed by atoms with Crippen LogP contribution in [0.3, 0.4) is 0 Å². The molecule has 0 spiro atoms. The van der Waals surface area contributed by atoms with Gasteiger partial charge in [-0.1, -0.05) is 12.8 Å². The maximum atomic E-state index is 12.7. The third-order valence-corrected chi connectivity index (χ3v) is 5.89. The molecule has 1 atom stereocenters. The van der Waals surface area contributed by atoms with Gasteiger partial charge in [-0.15, -0.1) is 0 Å². The molecule has 2 aliphatic heterocycles. The average Bonchev–Trinajstić information content (AvgIpc) is 3.52. The summed E-state index contributed by atoms with van der Waals surface area (Å²) in [6.45, 7) is 0.140. The summed E-state index contributed by atoms with van der Waals surface area (Å²) in [4.78, 5) is 62.4. The van der Waals surface area contributed by atoms with E-state index in [9.17, 15) is 24.0 Å². The van der Waals surface area contributed by atoms with Crippen LogP contribution in [0.15, 0.2) is 18.2 Å². The van der Waals surface area contributed by atoms with Crippen LogP contribution in [-0.2, 0) is 14.3 Å². The third kappa shape index (κ3) is 4.80. The van der Waals surface area contributed by atoms with Gasteiger partial charge in [0.05, 0.1) is 29.3 Å². The molecular weight excluding hydrogens is 418 g/mol. The number of carbonyl (C=O) groups excluding carboxylic acids is 5. The number of urea groups is 1. The van der Waals surface area contributed by atoms with Crippen molar-refractivity contribution >= 4 is 29.7 Å². The minimum Gasteiger partial charge on any atom is -0.452 e. The molecule has 10 heteroatoms. The Hall–Kier alpha value is -3.27. The zero-order valence-electron chi connectivity index (χ0n) is 17.6. The van der Waals surface area contributed by atoms with Crippen molar-refractivity contribution in [2.45, 2.75) is 50.7 Å². The number of nitrogens with zero attached hydrogens (tertiary/aromatic N) is 1. The standard InChI is InChI=1S/C22H25N3O7/c26-18(24-22(30)23-14-4-1-2-5-14)12-32-21(29)13-7-8-16-17(10-13)20(28)25(19(16)27)11-15-6-3-9-31-15/h7-8,10,14-15H,1-6,9,11-12H2,(H2,23,24,26,30). The number of ether oxygens (including phenoxy) is 2. The van der Waals surface area contributed by atoms with Crippen molar-refractivity contribution in [1.82, 2.24) is 15.5 Å². The Kier molecular flexibility index (Phi) is 6.50. The van der Waals surface area contributed by atoms with E-state index in [1.807, 2.05) is 0 Å². The van der Waals surface area contributed by atoms with Gasteiger partial charge in [-0.3, -0.25) is 24.6 Å². The predicted molar refractivity (Wildman–Crippen MR) is 110 cm³/mol. The summed E-state index contributed by atoms with van der Waals surface area (Å²) in [6.07, 6.45) is 5.33. The summed E-state index contributed by atoms with van der Waals surface area (Å²) in [5.41, 5.74) is 0.362. The molecule has 1 aromatic carbocycles. The monoisotopic (exact) mass is 443 g/mol. The van der Waals surface area contributed by atoms with Gasteiger partial charge in [-0.2, -0.15) is 0 Å². The van der Waals surface area contributed by atoms with Crippen LogP contribution in [0.1, 0.15) is 69.6 Å². The van der Waals surface area contributed by atoms with E-state index >= 15 is 0 Å². The van der Waals surface area contributed by atoms with Crippen LogP contribution in [0.25, 0.3) is 0 Å². The first-order chi connectivity index (χ1) is 15.4. The molecular formula is C22H25N3O7. The molecule has 4 rings (SSSR count). The Labute approximate surface area is 184 Å². The molecule has 5 amide bonds. The Morgan fingerprint density at radius 2 is 1.78 bits per heavy atom. The highest BCUT2D eigenvalue weighted by Gasteiger charge is 2.38. The normalized spacial score (nSPS) is 20.4. The van der Waals surface area contributed by atoms with Crippen molar-refractivity contribution < 1.29 is 33.4 Å². The predicted octanol–water partition coefficient (Wildman–Crippen LogP) is 1.39. The van der Waals surface area contributed by atoms with Gasteiger partial charge < -0.3 is 14.8 Å². The zero-order chi connectivity index (χ0) is 22.7. The number of hydrogen-bond acceptors (Lipinski definition) is 7. The quantitative estimate of drug-likeness (QED) is 0.502. The second-order valence-corrected chi connectivity index (χ2v) is 8.20. The largest absolute Gasteiger partial charge is 0.452 e. The number of benzene rings is 1. The zero-order valence-corrected chi connectivity index (χ0v) is 17.6. The Morgan fingerprint density at radius 1 is 1.03 bits per heavy atom. The molecule has 0 aromatic heterocycles. The summed E-state index contributed by atoms with van der Waals surface area (Å²) >= 11 is 0. The highest BCUT2D eigenvalue weighted by Crippen LogP contribution is 2.26. The van der Waals surface area contributed by atoms with Gasteiger partial charge in [-0.05, 0) is 43.9 Å². The second-order valence-electron chi connectivity index (χ2n) is 8.20. The van der Waals surface area contributed by atoms with Crippen molar-refractivity contribution in [3.8, 4) is 0 Å². The van der Waals surface area contributed by atoms with Crippen LogP contribution >= 0.6 is 0 Å². The van der Waals surface area contributed by atoms with Crippen molar-refractivity contribution in [3.05, 3.63) is 34.9 Å². The summed E-state index contributed by atoms with van der Waals surface area (Å²) in [6, 6.07) is 3.49. The number of amides is 5. The first-order valence-corrected chi connectivity index (χ1v) is 10.8. The van der Waals surface area contributed by atoms with Gasteiger partial charge in [0.15, 0.2) is 6.61 Å². The molecule has 32 heavy (non-hydrogen) atoms. The highest BCUT2D eigenvalue weighted by atomic mass is 16.5. The molecule has 2 heterocycles. The van der Waals surface area contributed by atoms with E-state index in [1.54, 1.807) is 0 Å². The molecule has 0 radical (unpaired) electrons. The molecule has 0 bridgehead atoms. The third-order valence-electron chi connectivity index (χ3n) is 5.89. The van der Waals surface area contributed by atoms with Crippen molar-refractivity contribution in [2.24, 2.45) is 0 Å². The summed E-state index contributed by atoms with van der Waals surface area (Å²) in [5, 5.41) is 4.83. The fourth-order valence-electron chi connectivity index (χ4n) is 4.24. The van der Waals surface area contributed by atoms with E-state index < -0.39 is 36.3 Å². The summed E-state index contributed by atoms with van der Waals surface area (Å²) < 4.78 is 10.5. The molecule has 2 N–H and O–H groups in total. The molecule has 170 valence electrons. The molecule has 1 aliphatic carbocycles. The van der Waals surface area contributed by atoms with E-state index in [0.717, 1.165) is 43.4 Å². The maximum Gasteiger partial charge on any atom is 0.338 e. The number of imide groups is 2. The van der Waals surface area contributed by atoms with E-state index in [-0.39, 0.29) is 35.4 Å². The lowest BCUT2D eigenvalue weighted by Gasteiger charge is -2.17. The first-order valence-electron chi connectivity index (χ1n) is 10.8. The topological polar surface area (TPSA) is 131 Å². The minimum absolute atomic E-state index is 0.0343. The smallest absolute Gasteiger partial charge is 0.338 e. The highest BCUT2D eigenvalue weighted by molar-refractivity contribution is 6.22. The van der Waals surface area contributed by atoms with E-state index in [1.165, 1.54) is 18.2 Å². The molecule has 2 fully saturated rings. The molecule has 10 nitrogen and oxygen atoms in total. The lowest BCUT2D eigenvalue weighted by Crippen LogP contribution is -2.45. The summed E-state index contributed by atoms with van der Waals surface area (Å²) in [7, 11) is 0. The van der Waals surface area contributed by atoms with Crippen LogP contribution in [-0.4, -0.2) is 66.5 Å². The molecule has 1 aromatic rings. The fraction of sp³-hybridized carbons (Fsp3) is 0.500. The lowest BCUT2D eigenvalue weighted by atomic mass is 10.1. The van der Waals surface area contributed by atoms with Crippen LogP contribution in [0, 0.1) is 0 Å². The van der Waals surface area contributed by atoms with Gasteiger partial charge in [-0.25, -0.2) is 9.59 Å². The van der Waals surface area contributed by atoms with E-state index in [0.29, 0.717) is 6.61 Å². The number of hydrogen-bond donors (Lipinski definition) is 2. The van der Waals surface area contributed by atoms with Crippen molar-refractivity contribution in [3.63, 3.8) is 0 Å². The van der Waals surface area contributed by atoms with Crippen molar-refractivity contribution in [1.29, 1.82) is 0 Å². The van der Waals surface area contributed by atoms with Gasteiger partial charge >= 0.3 is 12.0 Å². The Morgan fingerprint density at radius 3 is 2.50 bits per heavy atom. The average molecular weight is 443 g/mol. The number of carbonyl (C=O) groups is 5. The maximum absolute atomic E-state index is 12.7. The van der Waals surface area contributed by atoms with E-state index in [4.69, 9.17) is 9.47 Å². The lowest BCUT2D eigenvalue weighted by molar-refractivity contribution is -0.123. The number of fused-ring (bicyclic) bond motifs is 1. The summed E-state index contributed by atoms with van der Waals surface area (Å²) in [5.74, 6) is -2.51. The fourth-order valence-corrected chi connectivity index (χ4v) is 4.24. The SMILES string of the molecule is O=C(COC(=O)c1ccc2c(c1)C(=O)N(CC1CCCO1)C2=O)NC(=O)NC1CCCC1. The Bertz CT molecular complexity index is 949. The molecule has 1 unspecified atom stereocenters. The van der Waals surface area contributed by atoms with Crippen LogP contribution in [0.2, 0.25) is 0 Å². The van der Waals surface area contributed by atoms with E-state index in [2.05, 4.69) is 10.6 Å². The van der Waals surface area contributed by atoms with Crippen LogP contribution in [0.5, 0.6) is 0 Å². The van der Waals surface area contributed by atoms with Gasteiger partial charge in [0, 0.05) is 12.6 Å². The molecule has 1 saturated carbocycles. The first kappa shape index (κ1) is 21.9. The van der Waals surface area contributed by atoms with Crippen LogP contribution < -0.4 is 10.6 Å². The number of rotatable bonds is 6. The van der Waals surface area contributed by atoms with Gasteiger partial charge in [0.1, 0.15) is 0 Å². The minimum atomic E-state index is -0.836. The van der Waals surface area contributed by atoms with Crippen LogP contribution in [0.4, 0.5) is 4.79 Å². The van der Waals surface area contributed by atoms with Gasteiger partial charge in [0.2, 0.25) is 0 Å². The second kappa shape index (κ2) is 9.47. The van der Waals surface area contributed by atoms with Gasteiger partial charge in [0.25, 0.3) is 17.7 Å². The number of nitrogens with one attached hydrogen (secondary N) is 2. The number of esters is 1. The van der Waals surface area contributed by atoms with Crippen molar-refractivity contribution in [2.75, 3.05) is 19.8 Å². The Balaban J connectivity index is 1.31.